The highest BCUT2D eigenvalue weighted by molar-refractivity contribution is 5.91. The average Bonchev–Trinajstić information content (AvgIpc) is 2.34. The molecule has 4 nitrogen and oxygen atoms in total. The second-order valence-electron chi connectivity index (χ2n) is 3.95. The maximum atomic E-state index is 12.6. The summed E-state index contributed by atoms with van der Waals surface area (Å²) in [6.07, 6.45) is -4.68. The molecule has 7 heteroatoms. The van der Waals surface area contributed by atoms with E-state index in [4.69, 9.17) is 9.84 Å². The van der Waals surface area contributed by atoms with E-state index in [1.807, 2.05) is 0 Å². The maximum absolute atomic E-state index is 12.6. The molecule has 0 spiro atoms. The molecular formula is C12H14F3NO3. The second-order valence-corrected chi connectivity index (χ2v) is 3.95. The number of carboxylic acids is 1. The molecule has 0 aliphatic rings. The first kappa shape index (κ1) is 15.3. The van der Waals surface area contributed by atoms with E-state index >= 15 is 0 Å². The molecule has 1 rings (SSSR count). The number of carbonyl (C=O) groups is 1. The van der Waals surface area contributed by atoms with E-state index in [1.165, 1.54) is 13.2 Å². The number of alkyl halides is 3. The van der Waals surface area contributed by atoms with E-state index in [0.717, 1.165) is 12.1 Å². The zero-order chi connectivity index (χ0) is 14.6. The van der Waals surface area contributed by atoms with Crippen LogP contribution in [0.15, 0.2) is 18.2 Å². The Morgan fingerprint density at radius 2 is 2.05 bits per heavy atom. The Labute approximate surface area is 108 Å². The van der Waals surface area contributed by atoms with Gasteiger partial charge in [0.1, 0.15) is 0 Å². The number of ether oxygens (including phenoxy) is 1. The predicted molar refractivity (Wildman–Crippen MR) is 63.5 cm³/mol. The van der Waals surface area contributed by atoms with Crippen LogP contribution in [-0.4, -0.2) is 38.4 Å². The van der Waals surface area contributed by atoms with Crippen LogP contribution in [0.1, 0.15) is 15.9 Å². The minimum absolute atomic E-state index is 0.389. The van der Waals surface area contributed by atoms with Crippen molar-refractivity contribution in [2.75, 3.05) is 32.2 Å². The van der Waals surface area contributed by atoms with E-state index in [2.05, 4.69) is 0 Å². The Morgan fingerprint density at radius 3 is 2.53 bits per heavy atom. The lowest BCUT2D eigenvalue weighted by Crippen LogP contribution is -2.23. The van der Waals surface area contributed by atoms with Gasteiger partial charge in [0.15, 0.2) is 0 Å². The molecule has 1 aromatic rings. The monoisotopic (exact) mass is 277 g/mol. The molecule has 0 aliphatic carbocycles. The Balaban J connectivity index is 3.13. The Bertz CT molecular complexity index is 460. The lowest BCUT2D eigenvalue weighted by molar-refractivity contribution is -0.138. The van der Waals surface area contributed by atoms with Gasteiger partial charge < -0.3 is 14.7 Å². The molecule has 0 unspecified atom stereocenters. The molecule has 0 saturated carbocycles. The molecule has 1 N–H and O–H groups in total. The topological polar surface area (TPSA) is 49.8 Å². The summed E-state index contributed by atoms with van der Waals surface area (Å²) in [5.74, 6) is -1.60. The van der Waals surface area contributed by atoms with Gasteiger partial charge in [0.05, 0.1) is 17.7 Å². The van der Waals surface area contributed by atoms with E-state index in [-0.39, 0.29) is 0 Å². The number of anilines is 1. The molecule has 19 heavy (non-hydrogen) atoms. The highest BCUT2D eigenvalue weighted by atomic mass is 19.4. The number of hydrogen-bond acceptors (Lipinski definition) is 3. The van der Waals surface area contributed by atoms with Crippen LogP contribution >= 0.6 is 0 Å². The quantitative estimate of drug-likeness (QED) is 0.898. The van der Waals surface area contributed by atoms with Gasteiger partial charge in [-0.15, -0.1) is 0 Å². The number of carboxylic acid groups (broad SMARTS) is 1. The lowest BCUT2D eigenvalue weighted by atomic mass is 10.1. The molecule has 0 atom stereocenters. The van der Waals surface area contributed by atoms with Crippen molar-refractivity contribution in [2.24, 2.45) is 0 Å². The standard InChI is InChI=1S/C12H14F3NO3/c1-16(5-6-19-2)8-3-4-10(12(13,14)15)9(7-8)11(17)18/h3-4,7H,5-6H2,1-2H3,(H,17,18). The van der Waals surface area contributed by atoms with E-state index in [9.17, 15) is 18.0 Å². The molecule has 0 amide bonds. The number of nitrogens with zero attached hydrogens (tertiary/aromatic N) is 1. The van der Waals surface area contributed by atoms with Crippen molar-refractivity contribution in [1.82, 2.24) is 0 Å². The zero-order valence-electron chi connectivity index (χ0n) is 10.5. The van der Waals surface area contributed by atoms with Crippen molar-refractivity contribution in [1.29, 1.82) is 0 Å². The van der Waals surface area contributed by atoms with Crippen molar-refractivity contribution in [3.05, 3.63) is 29.3 Å². The van der Waals surface area contributed by atoms with Crippen LogP contribution in [0, 0.1) is 0 Å². The molecule has 0 bridgehead atoms. The van der Waals surface area contributed by atoms with E-state index in [1.54, 1.807) is 11.9 Å². The van der Waals surface area contributed by atoms with Crippen molar-refractivity contribution < 1.29 is 27.8 Å². The maximum Gasteiger partial charge on any atom is 0.417 e. The Morgan fingerprint density at radius 1 is 1.42 bits per heavy atom. The van der Waals surface area contributed by atoms with Crippen LogP contribution in [0.5, 0.6) is 0 Å². The number of aromatic carboxylic acids is 1. The Kier molecular flexibility index (Phi) is 4.77. The van der Waals surface area contributed by atoms with Crippen LogP contribution in [0.25, 0.3) is 0 Å². The Hall–Kier alpha value is -1.76. The number of methoxy groups -OCH3 is 1. The van der Waals surface area contributed by atoms with Crippen molar-refractivity contribution in [3.63, 3.8) is 0 Å². The second kappa shape index (κ2) is 5.92. The molecule has 0 saturated heterocycles. The fourth-order valence-corrected chi connectivity index (χ4v) is 1.55. The number of likely N-dealkylation sites (N-methyl/N-ethyl adjacent to an activating group) is 1. The number of rotatable bonds is 5. The molecule has 0 heterocycles. The summed E-state index contributed by atoms with van der Waals surface area (Å²) in [6, 6.07) is 3.04. The predicted octanol–water partition coefficient (Wildman–Crippen LogP) is 2.49. The third-order valence-electron chi connectivity index (χ3n) is 2.61. The summed E-state index contributed by atoms with van der Waals surface area (Å²) in [4.78, 5) is 12.5. The summed E-state index contributed by atoms with van der Waals surface area (Å²) in [5, 5.41) is 8.87. The summed E-state index contributed by atoms with van der Waals surface area (Å²) < 4.78 is 42.8. The largest absolute Gasteiger partial charge is 0.478 e. The minimum Gasteiger partial charge on any atom is -0.478 e. The first-order valence-corrected chi connectivity index (χ1v) is 5.42. The fourth-order valence-electron chi connectivity index (χ4n) is 1.55. The van der Waals surface area contributed by atoms with Crippen LogP contribution in [-0.2, 0) is 10.9 Å². The zero-order valence-corrected chi connectivity index (χ0v) is 10.5. The first-order valence-electron chi connectivity index (χ1n) is 5.42. The summed E-state index contributed by atoms with van der Waals surface area (Å²) in [6.45, 7) is 0.834. The van der Waals surface area contributed by atoms with Gasteiger partial charge in [-0.05, 0) is 18.2 Å². The third kappa shape index (κ3) is 3.85. The fraction of sp³-hybridized carbons (Fsp3) is 0.417. The van der Waals surface area contributed by atoms with Crippen molar-refractivity contribution in [2.45, 2.75) is 6.18 Å². The third-order valence-corrected chi connectivity index (χ3v) is 2.61. The smallest absolute Gasteiger partial charge is 0.417 e. The van der Waals surface area contributed by atoms with Crippen LogP contribution < -0.4 is 4.90 Å². The number of benzene rings is 1. The molecule has 106 valence electrons. The first-order chi connectivity index (χ1) is 8.77. The highest BCUT2D eigenvalue weighted by Crippen LogP contribution is 2.33. The van der Waals surface area contributed by atoms with Gasteiger partial charge in [0.2, 0.25) is 0 Å². The van der Waals surface area contributed by atoms with Gasteiger partial charge in [-0.1, -0.05) is 0 Å². The van der Waals surface area contributed by atoms with Gasteiger partial charge in [0.25, 0.3) is 0 Å². The number of hydrogen-bond donors (Lipinski definition) is 1. The molecule has 0 fully saturated rings. The minimum atomic E-state index is -4.68. The van der Waals surface area contributed by atoms with Crippen molar-refractivity contribution in [3.8, 4) is 0 Å². The van der Waals surface area contributed by atoms with Crippen molar-refractivity contribution >= 4 is 11.7 Å². The van der Waals surface area contributed by atoms with Crippen LogP contribution in [0.4, 0.5) is 18.9 Å². The van der Waals surface area contributed by atoms with Crippen LogP contribution in [0.2, 0.25) is 0 Å². The molecule has 0 radical (unpaired) electrons. The molecule has 0 aromatic heterocycles. The van der Waals surface area contributed by atoms with Crippen LogP contribution in [0.3, 0.4) is 0 Å². The SMILES string of the molecule is COCCN(C)c1ccc(C(F)(F)F)c(C(=O)O)c1. The van der Waals surface area contributed by atoms with Gasteiger partial charge in [-0.3, -0.25) is 0 Å². The molecule has 0 aliphatic heterocycles. The average molecular weight is 277 g/mol. The van der Waals surface area contributed by atoms with Gasteiger partial charge in [-0.25, -0.2) is 4.79 Å². The van der Waals surface area contributed by atoms with Gasteiger partial charge in [0, 0.05) is 26.4 Å². The van der Waals surface area contributed by atoms with Gasteiger partial charge >= 0.3 is 12.1 Å². The van der Waals surface area contributed by atoms with E-state index in [0.29, 0.717) is 18.8 Å². The molecular weight excluding hydrogens is 263 g/mol. The van der Waals surface area contributed by atoms with Gasteiger partial charge in [-0.2, -0.15) is 13.2 Å². The highest BCUT2D eigenvalue weighted by Gasteiger charge is 2.35. The molecule has 1 aromatic carbocycles. The van der Waals surface area contributed by atoms with E-state index < -0.39 is 23.3 Å². The summed E-state index contributed by atoms with van der Waals surface area (Å²) in [7, 11) is 3.15. The number of halogens is 3. The lowest BCUT2D eigenvalue weighted by Gasteiger charge is -2.20. The summed E-state index contributed by atoms with van der Waals surface area (Å²) in [5.41, 5.74) is -1.51. The summed E-state index contributed by atoms with van der Waals surface area (Å²) >= 11 is 0. The normalized spacial score (nSPS) is 11.4.